The van der Waals surface area contributed by atoms with Gasteiger partial charge in [0.2, 0.25) is 5.95 Å². The van der Waals surface area contributed by atoms with Crippen molar-refractivity contribution in [1.82, 2.24) is 9.97 Å². The van der Waals surface area contributed by atoms with Crippen molar-refractivity contribution in [2.45, 2.75) is 19.4 Å². The Bertz CT molecular complexity index is 364. The Morgan fingerprint density at radius 3 is 2.53 bits per heavy atom. The summed E-state index contributed by atoms with van der Waals surface area (Å²) in [5.74, 6) is 0.225. The maximum absolute atomic E-state index is 11.3. The molecule has 17 heavy (non-hydrogen) atoms. The maximum Gasteiger partial charge on any atom is 0.323 e. The Morgan fingerprint density at radius 1 is 1.47 bits per heavy atom. The Balaban J connectivity index is 2.60. The van der Waals surface area contributed by atoms with E-state index in [1.807, 2.05) is 14.1 Å². The van der Waals surface area contributed by atoms with Crippen molar-refractivity contribution in [3.8, 4) is 0 Å². The van der Waals surface area contributed by atoms with E-state index in [0.29, 0.717) is 19.0 Å². The van der Waals surface area contributed by atoms with E-state index < -0.39 is 12.0 Å². The zero-order chi connectivity index (χ0) is 12.8. The molecule has 0 saturated carbocycles. The fourth-order valence-corrected chi connectivity index (χ4v) is 1.27. The fourth-order valence-electron chi connectivity index (χ4n) is 1.27. The third kappa shape index (κ3) is 3.99. The molecule has 6 heteroatoms. The van der Waals surface area contributed by atoms with Crippen LogP contribution in [0.2, 0.25) is 0 Å². The van der Waals surface area contributed by atoms with Crippen molar-refractivity contribution in [2.24, 2.45) is 5.73 Å². The van der Waals surface area contributed by atoms with Crippen LogP contribution in [0.25, 0.3) is 0 Å². The van der Waals surface area contributed by atoms with Crippen molar-refractivity contribution in [3.05, 3.63) is 18.0 Å². The first kappa shape index (κ1) is 13.4. The van der Waals surface area contributed by atoms with Crippen LogP contribution in [-0.2, 0) is 16.0 Å². The van der Waals surface area contributed by atoms with E-state index in [4.69, 9.17) is 10.5 Å². The molecule has 2 N–H and O–H groups in total. The van der Waals surface area contributed by atoms with Gasteiger partial charge in [0.05, 0.1) is 6.61 Å². The van der Waals surface area contributed by atoms with E-state index in [1.165, 1.54) is 0 Å². The molecule has 0 radical (unpaired) electrons. The summed E-state index contributed by atoms with van der Waals surface area (Å²) >= 11 is 0. The second-order valence-electron chi connectivity index (χ2n) is 3.85. The predicted molar refractivity (Wildman–Crippen MR) is 64.7 cm³/mol. The minimum atomic E-state index is -0.663. The number of nitrogens with zero attached hydrogens (tertiary/aromatic N) is 3. The first-order valence-electron chi connectivity index (χ1n) is 5.45. The standard InChI is InChI=1S/C11H18N4O2/c1-4-17-10(16)9(12)5-8-6-13-11(14-7-8)15(2)3/h6-7,9H,4-5,12H2,1-3H3. The summed E-state index contributed by atoms with van der Waals surface area (Å²) in [7, 11) is 3.72. The van der Waals surface area contributed by atoms with Gasteiger partial charge in [0.1, 0.15) is 6.04 Å². The Hall–Kier alpha value is -1.69. The highest BCUT2D eigenvalue weighted by Gasteiger charge is 2.15. The van der Waals surface area contributed by atoms with Gasteiger partial charge in [-0.2, -0.15) is 0 Å². The zero-order valence-corrected chi connectivity index (χ0v) is 10.4. The van der Waals surface area contributed by atoms with Crippen LogP contribution in [-0.4, -0.2) is 42.7 Å². The number of rotatable bonds is 5. The molecule has 0 saturated heterocycles. The van der Waals surface area contributed by atoms with Crippen molar-refractivity contribution in [1.29, 1.82) is 0 Å². The second-order valence-corrected chi connectivity index (χ2v) is 3.85. The van der Waals surface area contributed by atoms with Gasteiger partial charge in [0.25, 0.3) is 0 Å². The summed E-state index contributed by atoms with van der Waals surface area (Å²) in [6, 6.07) is -0.663. The lowest BCUT2D eigenvalue weighted by molar-refractivity contribution is -0.144. The number of hydrogen-bond acceptors (Lipinski definition) is 6. The number of anilines is 1. The molecule has 1 aromatic heterocycles. The van der Waals surface area contributed by atoms with Gasteiger partial charge >= 0.3 is 5.97 Å². The van der Waals surface area contributed by atoms with Crippen LogP contribution in [0.1, 0.15) is 12.5 Å². The van der Waals surface area contributed by atoms with Gasteiger partial charge < -0.3 is 15.4 Å². The van der Waals surface area contributed by atoms with Crippen molar-refractivity contribution < 1.29 is 9.53 Å². The number of esters is 1. The first-order valence-corrected chi connectivity index (χ1v) is 5.45. The van der Waals surface area contributed by atoms with Gasteiger partial charge in [-0.05, 0) is 12.5 Å². The monoisotopic (exact) mass is 238 g/mol. The number of carbonyl (C=O) groups is 1. The Kier molecular flexibility index (Phi) is 4.84. The molecule has 0 fully saturated rings. The third-order valence-electron chi connectivity index (χ3n) is 2.14. The molecule has 0 aromatic carbocycles. The van der Waals surface area contributed by atoms with Crippen LogP contribution in [0.3, 0.4) is 0 Å². The highest BCUT2D eigenvalue weighted by molar-refractivity contribution is 5.75. The zero-order valence-electron chi connectivity index (χ0n) is 10.4. The number of ether oxygens (including phenoxy) is 1. The summed E-state index contributed by atoms with van der Waals surface area (Å²) in [5.41, 5.74) is 6.51. The molecule has 0 aliphatic carbocycles. The lowest BCUT2D eigenvalue weighted by atomic mass is 10.1. The average molecular weight is 238 g/mol. The molecule has 0 aliphatic rings. The van der Waals surface area contributed by atoms with Crippen LogP contribution in [0, 0.1) is 0 Å². The smallest absolute Gasteiger partial charge is 0.323 e. The van der Waals surface area contributed by atoms with Crippen molar-refractivity contribution >= 4 is 11.9 Å². The second kappa shape index (κ2) is 6.15. The Labute approximate surface area is 101 Å². The molecule has 1 rings (SSSR count). The molecule has 1 aromatic rings. The van der Waals surface area contributed by atoms with Gasteiger partial charge in [-0.1, -0.05) is 0 Å². The molecule has 1 unspecified atom stereocenters. The van der Waals surface area contributed by atoms with Crippen molar-refractivity contribution in [3.63, 3.8) is 0 Å². The molecule has 0 spiro atoms. The normalized spacial score (nSPS) is 12.0. The van der Waals surface area contributed by atoms with Gasteiger partial charge in [-0.3, -0.25) is 4.79 Å². The predicted octanol–water partition coefficient (Wildman–Crippen LogP) is -0.0245. The van der Waals surface area contributed by atoms with Crippen LogP contribution >= 0.6 is 0 Å². The summed E-state index contributed by atoms with van der Waals surface area (Å²) in [5, 5.41) is 0. The molecular weight excluding hydrogens is 220 g/mol. The molecule has 0 amide bonds. The number of aromatic nitrogens is 2. The fraction of sp³-hybridized carbons (Fsp3) is 0.545. The maximum atomic E-state index is 11.3. The van der Waals surface area contributed by atoms with E-state index in [1.54, 1.807) is 24.2 Å². The molecule has 0 aliphatic heterocycles. The highest BCUT2D eigenvalue weighted by Crippen LogP contribution is 2.05. The Morgan fingerprint density at radius 2 is 2.06 bits per heavy atom. The summed E-state index contributed by atoms with van der Waals surface area (Å²) < 4.78 is 4.82. The molecule has 1 atom stereocenters. The number of carbonyl (C=O) groups excluding carboxylic acids is 1. The lowest BCUT2D eigenvalue weighted by Crippen LogP contribution is -2.34. The molecule has 1 heterocycles. The number of hydrogen-bond donors (Lipinski definition) is 1. The van der Waals surface area contributed by atoms with E-state index in [9.17, 15) is 4.79 Å². The first-order chi connectivity index (χ1) is 8.04. The third-order valence-corrected chi connectivity index (χ3v) is 2.14. The van der Waals surface area contributed by atoms with Gasteiger partial charge in [0, 0.05) is 32.9 Å². The van der Waals surface area contributed by atoms with E-state index in [0.717, 1.165) is 5.56 Å². The molecule has 0 bridgehead atoms. The average Bonchev–Trinajstić information content (AvgIpc) is 2.30. The summed E-state index contributed by atoms with van der Waals surface area (Å²) in [4.78, 5) is 21.4. The van der Waals surface area contributed by atoms with E-state index in [-0.39, 0.29) is 0 Å². The minimum absolute atomic E-state index is 0.336. The largest absolute Gasteiger partial charge is 0.465 e. The number of nitrogens with two attached hydrogens (primary N) is 1. The quantitative estimate of drug-likeness (QED) is 0.726. The molecule has 6 nitrogen and oxygen atoms in total. The molecule has 94 valence electrons. The summed E-state index contributed by atoms with van der Waals surface area (Å²) in [6.07, 6.45) is 3.72. The topological polar surface area (TPSA) is 81.3 Å². The van der Waals surface area contributed by atoms with Crippen LogP contribution < -0.4 is 10.6 Å². The van der Waals surface area contributed by atoms with Gasteiger partial charge in [-0.15, -0.1) is 0 Å². The van der Waals surface area contributed by atoms with Crippen LogP contribution in [0.5, 0.6) is 0 Å². The van der Waals surface area contributed by atoms with Crippen LogP contribution in [0.15, 0.2) is 12.4 Å². The summed E-state index contributed by atoms with van der Waals surface area (Å²) in [6.45, 7) is 2.09. The SMILES string of the molecule is CCOC(=O)C(N)Cc1cnc(N(C)C)nc1. The minimum Gasteiger partial charge on any atom is -0.465 e. The lowest BCUT2D eigenvalue weighted by Gasteiger charge is -2.12. The van der Waals surface area contributed by atoms with Gasteiger partial charge in [0.15, 0.2) is 0 Å². The van der Waals surface area contributed by atoms with E-state index >= 15 is 0 Å². The van der Waals surface area contributed by atoms with E-state index in [2.05, 4.69) is 9.97 Å². The van der Waals surface area contributed by atoms with Crippen molar-refractivity contribution in [2.75, 3.05) is 25.6 Å². The van der Waals surface area contributed by atoms with Crippen LogP contribution in [0.4, 0.5) is 5.95 Å². The van der Waals surface area contributed by atoms with Gasteiger partial charge in [-0.25, -0.2) is 9.97 Å². The molecular formula is C11H18N4O2. The highest BCUT2D eigenvalue weighted by atomic mass is 16.5.